The Kier molecular flexibility index (Phi) is 5.22. The van der Waals surface area contributed by atoms with Crippen molar-refractivity contribution >= 4 is 17.2 Å². The van der Waals surface area contributed by atoms with Crippen molar-refractivity contribution in [2.24, 2.45) is 0 Å². The lowest BCUT2D eigenvalue weighted by molar-refractivity contribution is 0.0746. The number of rotatable bonds is 6. The lowest BCUT2D eigenvalue weighted by Gasteiger charge is -2.19. The van der Waals surface area contributed by atoms with Crippen LogP contribution >= 0.6 is 11.3 Å². The summed E-state index contributed by atoms with van der Waals surface area (Å²) in [5.74, 6) is -0.0131. The standard InChI is InChI=1S/C12H17NO2S/c1-3-6-13(7-8-14)12(15)11-10(4-2)5-9-16-11/h3,5,9,14H,1,4,6-8H2,2H3. The molecule has 3 nitrogen and oxygen atoms in total. The first-order chi connectivity index (χ1) is 7.74. The summed E-state index contributed by atoms with van der Waals surface area (Å²) in [6.07, 6.45) is 2.53. The van der Waals surface area contributed by atoms with E-state index < -0.39 is 0 Å². The number of carbonyl (C=O) groups excluding carboxylic acids is 1. The summed E-state index contributed by atoms with van der Waals surface area (Å²) < 4.78 is 0. The topological polar surface area (TPSA) is 40.5 Å². The molecule has 4 heteroatoms. The molecule has 0 atom stereocenters. The van der Waals surface area contributed by atoms with E-state index in [4.69, 9.17) is 5.11 Å². The largest absolute Gasteiger partial charge is 0.395 e. The van der Waals surface area contributed by atoms with Crippen LogP contribution in [0.25, 0.3) is 0 Å². The zero-order chi connectivity index (χ0) is 12.0. The van der Waals surface area contributed by atoms with E-state index in [-0.39, 0.29) is 12.5 Å². The van der Waals surface area contributed by atoms with Gasteiger partial charge in [-0.05, 0) is 23.4 Å². The SMILES string of the molecule is C=CCN(CCO)C(=O)c1sccc1CC. The van der Waals surface area contributed by atoms with Gasteiger partial charge in [-0.15, -0.1) is 17.9 Å². The van der Waals surface area contributed by atoms with Crippen LogP contribution in [0.15, 0.2) is 24.1 Å². The van der Waals surface area contributed by atoms with E-state index in [0.717, 1.165) is 16.9 Å². The van der Waals surface area contributed by atoms with Crippen molar-refractivity contribution in [2.75, 3.05) is 19.7 Å². The number of aliphatic hydroxyl groups excluding tert-OH is 1. The molecule has 0 aliphatic carbocycles. The summed E-state index contributed by atoms with van der Waals surface area (Å²) in [7, 11) is 0. The summed E-state index contributed by atoms with van der Waals surface area (Å²) in [6, 6.07) is 1.98. The van der Waals surface area contributed by atoms with Gasteiger partial charge in [-0.2, -0.15) is 0 Å². The Balaban J connectivity index is 2.84. The Morgan fingerprint density at radius 3 is 3.00 bits per heavy atom. The molecule has 1 heterocycles. The Hall–Kier alpha value is -1.13. The maximum atomic E-state index is 12.1. The van der Waals surface area contributed by atoms with Gasteiger partial charge in [0.2, 0.25) is 0 Å². The second-order valence-electron chi connectivity index (χ2n) is 3.39. The van der Waals surface area contributed by atoms with Crippen LogP contribution < -0.4 is 0 Å². The van der Waals surface area contributed by atoms with E-state index in [0.29, 0.717) is 13.1 Å². The van der Waals surface area contributed by atoms with Gasteiger partial charge in [0.05, 0.1) is 11.5 Å². The highest BCUT2D eigenvalue weighted by molar-refractivity contribution is 7.12. The number of nitrogens with zero attached hydrogens (tertiary/aromatic N) is 1. The van der Waals surface area contributed by atoms with Gasteiger partial charge in [0.25, 0.3) is 5.91 Å². The van der Waals surface area contributed by atoms with Crippen molar-refractivity contribution in [1.29, 1.82) is 0 Å². The maximum Gasteiger partial charge on any atom is 0.264 e. The second kappa shape index (κ2) is 6.45. The van der Waals surface area contributed by atoms with E-state index in [1.807, 2.05) is 18.4 Å². The first-order valence-corrected chi connectivity index (χ1v) is 6.20. The number of aliphatic hydroxyl groups is 1. The van der Waals surface area contributed by atoms with E-state index in [9.17, 15) is 4.79 Å². The number of carbonyl (C=O) groups is 1. The maximum absolute atomic E-state index is 12.1. The third-order valence-corrected chi connectivity index (χ3v) is 3.27. The molecular weight excluding hydrogens is 222 g/mol. The molecule has 16 heavy (non-hydrogen) atoms. The molecule has 0 radical (unpaired) electrons. The van der Waals surface area contributed by atoms with Crippen LogP contribution in [0.1, 0.15) is 22.2 Å². The van der Waals surface area contributed by atoms with Crippen molar-refractivity contribution in [3.05, 3.63) is 34.5 Å². The van der Waals surface area contributed by atoms with E-state index in [1.54, 1.807) is 11.0 Å². The molecule has 1 N–H and O–H groups in total. The van der Waals surface area contributed by atoms with Gasteiger partial charge in [-0.1, -0.05) is 13.0 Å². The molecule has 0 saturated carbocycles. The van der Waals surface area contributed by atoms with Gasteiger partial charge in [-0.25, -0.2) is 0 Å². The third kappa shape index (κ3) is 2.93. The number of hydrogen-bond acceptors (Lipinski definition) is 3. The summed E-state index contributed by atoms with van der Waals surface area (Å²) in [5.41, 5.74) is 1.07. The third-order valence-electron chi connectivity index (χ3n) is 2.33. The molecule has 0 aromatic carbocycles. The van der Waals surface area contributed by atoms with Gasteiger partial charge < -0.3 is 10.0 Å². The van der Waals surface area contributed by atoms with Crippen molar-refractivity contribution in [2.45, 2.75) is 13.3 Å². The van der Waals surface area contributed by atoms with E-state index in [1.165, 1.54) is 11.3 Å². The van der Waals surface area contributed by atoms with Gasteiger partial charge in [0.15, 0.2) is 0 Å². The Morgan fingerprint density at radius 1 is 1.69 bits per heavy atom. The van der Waals surface area contributed by atoms with Crippen LogP contribution in [0.4, 0.5) is 0 Å². The first kappa shape index (κ1) is 12.9. The average Bonchev–Trinajstić information content (AvgIpc) is 2.75. The van der Waals surface area contributed by atoms with Crippen LogP contribution in [0.5, 0.6) is 0 Å². The lowest BCUT2D eigenvalue weighted by atomic mass is 10.2. The second-order valence-corrected chi connectivity index (χ2v) is 4.31. The van der Waals surface area contributed by atoms with Crippen molar-refractivity contribution in [3.63, 3.8) is 0 Å². The zero-order valence-corrected chi connectivity index (χ0v) is 10.3. The molecule has 1 rings (SSSR count). The number of hydrogen-bond donors (Lipinski definition) is 1. The van der Waals surface area contributed by atoms with Gasteiger partial charge in [0, 0.05) is 13.1 Å². The quantitative estimate of drug-likeness (QED) is 0.771. The van der Waals surface area contributed by atoms with Crippen LogP contribution in [0.2, 0.25) is 0 Å². The fourth-order valence-corrected chi connectivity index (χ4v) is 2.46. The van der Waals surface area contributed by atoms with Crippen LogP contribution in [-0.2, 0) is 6.42 Å². The fourth-order valence-electron chi connectivity index (χ4n) is 1.50. The highest BCUT2D eigenvalue weighted by atomic mass is 32.1. The normalized spacial score (nSPS) is 10.1. The van der Waals surface area contributed by atoms with Crippen LogP contribution in [0.3, 0.4) is 0 Å². The van der Waals surface area contributed by atoms with Crippen LogP contribution in [0, 0.1) is 0 Å². The van der Waals surface area contributed by atoms with Crippen LogP contribution in [-0.4, -0.2) is 35.6 Å². The lowest BCUT2D eigenvalue weighted by Crippen LogP contribution is -2.33. The fraction of sp³-hybridized carbons (Fsp3) is 0.417. The Morgan fingerprint density at radius 2 is 2.44 bits per heavy atom. The molecule has 1 aromatic heterocycles. The smallest absolute Gasteiger partial charge is 0.264 e. The number of amides is 1. The Labute approximate surface area is 100 Å². The summed E-state index contributed by atoms with van der Waals surface area (Å²) in [5, 5.41) is 10.8. The molecule has 1 amide bonds. The molecule has 0 aliphatic rings. The molecule has 1 aromatic rings. The summed E-state index contributed by atoms with van der Waals surface area (Å²) >= 11 is 1.46. The molecule has 0 saturated heterocycles. The summed E-state index contributed by atoms with van der Waals surface area (Å²) in [6.45, 7) is 6.45. The summed E-state index contributed by atoms with van der Waals surface area (Å²) in [4.78, 5) is 14.5. The molecule has 0 spiro atoms. The predicted octanol–water partition coefficient (Wildman–Crippen LogP) is 1.93. The van der Waals surface area contributed by atoms with Crippen molar-refractivity contribution < 1.29 is 9.90 Å². The van der Waals surface area contributed by atoms with Crippen molar-refractivity contribution in [1.82, 2.24) is 4.90 Å². The highest BCUT2D eigenvalue weighted by Crippen LogP contribution is 2.19. The molecule has 0 unspecified atom stereocenters. The first-order valence-electron chi connectivity index (χ1n) is 5.32. The molecule has 88 valence electrons. The van der Waals surface area contributed by atoms with Crippen molar-refractivity contribution in [3.8, 4) is 0 Å². The zero-order valence-electron chi connectivity index (χ0n) is 9.48. The molecule has 0 fully saturated rings. The minimum Gasteiger partial charge on any atom is -0.395 e. The average molecular weight is 239 g/mol. The van der Waals surface area contributed by atoms with E-state index >= 15 is 0 Å². The molecule has 0 aliphatic heterocycles. The Bertz CT molecular complexity index is 360. The number of aryl methyl sites for hydroxylation is 1. The minimum atomic E-state index is -0.0214. The van der Waals surface area contributed by atoms with E-state index in [2.05, 4.69) is 6.58 Å². The van der Waals surface area contributed by atoms with Gasteiger partial charge in [0.1, 0.15) is 0 Å². The number of thiophene rings is 1. The monoisotopic (exact) mass is 239 g/mol. The molecular formula is C12H17NO2S. The minimum absolute atomic E-state index is 0.0131. The van der Waals surface area contributed by atoms with Gasteiger partial charge >= 0.3 is 0 Å². The highest BCUT2D eigenvalue weighted by Gasteiger charge is 2.17. The van der Waals surface area contributed by atoms with Gasteiger partial charge in [-0.3, -0.25) is 4.79 Å². The molecule has 0 bridgehead atoms. The predicted molar refractivity (Wildman–Crippen MR) is 66.9 cm³/mol.